The molecule has 1 aromatic rings. The van der Waals surface area contributed by atoms with Gasteiger partial charge >= 0.3 is 0 Å². The number of fused-ring (bicyclic) bond motifs is 1. The van der Waals surface area contributed by atoms with E-state index in [1.54, 1.807) is 0 Å². The number of benzene rings is 1. The van der Waals surface area contributed by atoms with Crippen molar-refractivity contribution in [2.24, 2.45) is 17.3 Å². The zero-order valence-electron chi connectivity index (χ0n) is 18.0. The number of aliphatic hydroxyl groups is 1. The first-order chi connectivity index (χ1) is 13.5. The molecule has 3 aliphatic rings. The van der Waals surface area contributed by atoms with Gasteiger partial charge in [0.15, 0.2) is 0 Å². The Morgan fingerprint density at radius 3 is 2.36 bits per heavy atom. The second kappa shape index (κ2) is 8.43. The van der Waals surface area contributed by atoms with Crippen molar-refractivity contribution in [3.05, 3.63) is 34.4 Å². The summed E-state index contributed by atoms with van der Waals surface area (Å²) in [5.41, 5.74) is 5.74. The molecule has 1 N–H and O–H groups in total. The van der Waals surface area contributed by atoms with Gasteiger partial charge in [-0.1, -0.05) is 19.1 Å². The van der Waals surface area contributed by atoms with E-state index in [1.165, 1.54) is 48.2 Å². The van der Waals surface area contributed by atoms with E-state index in [4.69, 9.17) is 4.74 Å². The molecular weight excluding hydrogens is 348 g/mol. The van der Waals surface area contributed by atoms with Crippen LogP contribution in [0.25, 0.3) is 0 Å². The molecule has 0 radical (unpaired) electrons. The Kier molecular flexibility index (Phi) is 6.12. The summed E-state index contributed by atoms with van der Waals surface area (Å²) in [6, 6.07) is 4.85. The predicted molar refractivity (Wildman–Crippen MR) is 113 cm³/mol. The Morgan fingerprint density at radius 1 is 1.04 bits per heavy atom. The smallest absolute Gasteiger partial charge is 0.0559 e. The van der Waals surface area contributed by atoms with Gasteiger partial charge in [-0.3, -0.25) is 9.80 Å². The first kappa shape index (κ1) is 20.3. The summed E-state index contributed by atoms with van der Waals surface area (Å²) < 4.78 is 5.73. The van der Waals surface area contributed by atoms with Gasteiger partial charge in [-0.25, -0.2) is 0 Å². The summed E-state index contributed by atoms with van der Waals surface area (Å²) in [6.45, 7) is 15.3. The molecule has 1 aromatic carbocycles. The Hall–Kier alpha value is -0.940. The molecule has 0 saturated carbocycles. The van der Waals surface area contributed by atoms with Crippen LogP contribution in [-0.4, -0.2) is 60.9 Å². The number of ether oxygens (including phenoxy) is 1. The van der Waals surface area contributed by atoms with Crippen molar-refractivity contribution in [1.82, 2.24) is 9.80 Å². The molecule has 4 nitrogen and oxygen atoms in total. The van der Waals surface area contributed by atoms with Crippen LogP contribution in [0.3, 0.4) is 0 Å². The van der Waals surface area contributed by atoms with Gasteiger partial charge < -0.3 is 9.84 Å². The van der Waals surface area contributed by atoms with Crippen molar-refractivity contribution in [3.63, 3.8) is 0 Å². The Bertz CT molecular complexity index is 683. The number of nitrogens with zero attached hydrogens (tertiary/aromatic N) is 2. The van der Waals surface area contributed by atoms with Gasteiger partial charge in [0.25, 0.3) is 0 Å². The zero-order valence-corrected chi connectivity index (χ0v) is 18.0. The summed E-state index contributed by atoms with van der Waals surface area (Å²) >= 11 is 0. The maximum atomic E-state index is 10.1. The van der Waals surface area contributed by atoms with Crippen LogP contribution in [0, 0.1) is 31.1 Å². The van der Waals surface area contributed by atoms with Crippen LogP contribution < -0.4 is 0 Å². The van der Waals surface area contributed by atoms with Crippen molar-refractivity contribution < 1.29 is 9.84 Å². The SMILES string of the molecule is Cc1cc(C)c(CN2C[C@@H]3CCOC[C@]3(CO)C2)cc1CN1CCC(C)CC1. The Morgan fingerprint density at radius 2 is 1.71 bits per heavy atom. The van der Waals surface area contributed by atoms with E-state index in [9.17, 15) is 5.11 Å². The highest BCUT2D eigenvalue weighted by atomic mass is 16.5. The lowest BCUT2D eigenvalue weighted by atomic mass is 9.76. The quantitative estimate of drug-likeness (QED) is 0.842. The molecule has 0 aromatic heterocycles. The van der Waals surface area contributed by atoms with E-state index in [0.29, 0.717) is 5.92 Å². The third-order valence-corrected chi connectivity index (χ3v) is 7.66. The molecule has 0 aliphatic carbocycles. The van der Waals surface area contributed by atoms with E-state index >= 15 is 0 Å². The molecule has 28 heavy (non-hydrogen) atoms. The lowest BCUT2D eigenvalue weighted by molar-refractivity contribution is -0.0561. The Labute approximate surface area is 170 Å². The van der Waals surface area contributed by atoms with Gasteiger partial charge in [0, 0.05) is 38.2 Å². The first-order valence-corrected chi connectivity index (χ1v) is 11.2. The highest BCUT2D eigenvalue weighted by molar-refractivity contribution is 5.37. The fourth-order valence-electron chi connectivity index (χ4n) is 5.54. The largest absolute Gasteiger partial charge is 0.396 e. The number of aliphatic hydroxyl groups excluding tert-OH is 1. The maximum absolute atomic E-state index is 10.1. The molecule has 0 unspecified atom stereocenters. The number of aryl methyl sites for hydroxylation is 2. The number of piperidine rings is 1. The highest BCUT2D eigenvalue weighted by Gasteiger charge is 2.47. The van der Waals surface area contributed by atoms with Crippen LogP contribution >= 0.6 is 0 Å². The second-order valence-corrected chi connectivity index (χ2v) is 9.89. The summed E-state index contributed by atoms with van der Waals surface area (Å²) in [4.78, 5) is 5.18. The van der Waals surface area contributed by atoms with E-state index < -0.39 is 0 Å². The van der Waals surface area contributed by atoms with Crippen molar-refractivity contribution in [1.29, 1.82) is 0 Å². The van der Waals surface area contributed by atoms with Crippen LogP contribution in [-0.2, 0) is 17.8 Å². The van der Waals surface area contributed by atoms with Crippen LogP contribution in [0.15, 0.2) is 12.1 Å². The van der Waals surface area contributed by atoms with Crippen LogP contribution in [0.2, 0.25) is 0 Å². The number of hydrogen-bond acceptors (Lipinski definition) is 4. The minimum atomic E-state index is -0.0375. The van der Waals surface area contributed by atoms with Crippen molar-refractivity contribution >= 4 is 0 Å². The van der Waals surface area contributed by atoms with Crippen molar-refractivity contribution in [2.75, 3.05) is 46.0 Å². The fourth-order valence-corrected chi connectivity index (χ4v) is 5.54. The minimum Gasteiger partial charge on any atom is -0.396 e. The molecule has 0 spiro atoms. The lowest BCUT2D eigenvalue weighted by Gasteiger charge is -2.36. The predicted octanol–water partition coefficient (Wildman–Crippen LogP) is 3.37. The van der Waals surface area contributed by atoms with Crippen LogP contribution in [0.5, 0.6) is 0 Å². The number of likely N-dealkylation sites (tertiary alicyclic amines) is 2. The maximum Gasteiger partial charge on any atom is 0.0559 e. The lowest BCUT2D eigenvalue weighted by Crippen LogP contribution is -2.42. The summed E-state index contributed by atoms with van der Waals surface area (Å²) in [5.74, 6) is 1.46. The standard InChI is InChI=1S/C24H38N2O2/c1-18-4-7-25(8-5-18)12-21-11-22(20(3)10-19(21)2)13-26-14-23-6-9-28-17-24(23,15-26)16-27/h10-11,18,23,27H,4-9,12-17H2,1-3H3/t23-,24+/m0/s1. The van der Waals surface area contributed by atoms with E-state index in [-0.39, 0.29) is 12.0 Å². The highest BCUT2D eigenvalue weighted by Crippen LogP contribution is 2.41. The molecule has 3 fully saturated rings. The fraction of sp³-hybridized carbons (Fsp3) is 0.750. The number of rotatable bonds is 5. The molecule has 3 heterocycles. The second-order valence-electron chi connectivity index (χ2n) is 9.89. The molecule has 0 bridgehead atoms. The Balaban J connectivity index is 1.46. The van der Waals surface area contributed by atoms with Crippen molar-refractivity contribution in [3.8, 4) is 0 Å². The summed E-state index contributed by atoms with van der Waals surface area (Å²) in [5, 5.41) is 10.1. The van der Waals surface area contributed by atoms with Crippen LogP contribution in [0.4, 0.5) is 0 Å². The van der Waals surface area contributed by atoms with Gasteiger partial charge in [-0.15, -0.1) is 0 Å². The van der Waals surface area contributed by atoms with Gasteiger partial charge in [0.05, 0.1) is 13.2 Å². The molecule has 4 rings (SSSR count). The van der Waals surface area contributed by atoms with Gasteiger partial charge in [0.2, 0.25) is 0 Å². The first-order valence-electron chi connectivity index (χ1n) is 11.2. The molecule has 2 atom stereocenters. The monoisotopic (exact) mass is 386 g/mol. The molecule has 156 valence electrons. The van der Waals surface area contributed by atoms with E-state index in [2.05, 4.69) is 42.7 Å². The van der Waals surface area contributed by atoms with E-state index in [0.717, 1.165) is 51.7 Å². The third kappa shape index (κ3) is 4.16. The summed E-state index contributed by atoms with van der Waals surface area (Å²) in [7, 11) is 0. The van der Waals surface area contributed by atoms with Crippen LogP contribution in [0.1, 0.15) is 48.4 Å². The average molecular weight is 387 g/mol. The third-order valence-electron chi connectivity index (χ3n) is 7.66. The molecule has 3 saturated heterocycles. The minimum absolute atomic E-state index is 0.0375. The van der Waals surface area contributed by atoms with Gasteiger partial charge in [-0.2, -0.15) is 0 Å². The molecule has 3 aliphatic heterocycles. The summed E-state index contributed by atoms with van der Waals surface area (Å²) in [6.07, 6.45) is 3.75. The topological polar surface area (TPSA) is 35.9 Å². The zero-order chi connectivity index (χ0) is 19.7. The van der Waals surface area contributed by atoms with Crippen molar-refractivity contribution in [2.45, 2.75) is 53.1 Å². The molecule has 4 heteroatoms. The molecule has 0 amide bonds. The van der Waals surface area contributed by atoms with Gasteiger partial charge in [0.1, 0.15) is 0 Å². The number of hydrogen-bond donors (Lipinski definition) is 1. The normalized spacial score (nSPS) is 29.9. The average Bonchev–Trinajstić information content (AvgIpc) is 3.06. The van der Waals surface area contributed by atoms with E-state index in [1.807, 2.05) is 0 Å². The molecular formula is C24H38N2O2. The van der Waals surface area contributed by atoms with Gasteiger partial charge in [-0.05, 0) is 80.3 Å².